The number of fused-ring (bicyclic) bond motifs is 1. The highest BCUT2D eigenvalue weighted by atomic mass is 19.4. The van der Waals surface area contributed by atoms with E-state index in [2.05, 4.69) is 19.9 Å². The van der Waals surface area contributed by atoms with E-state index < -0.39 is 11.9 Å². The van der Waals surface area contributed by atoms with Gasteiger partial charge in [0.05, 0.1) is 11.7 Å². The van der Waals surface area contributed by atoms with Gasteiger partial charge in [-0.05, 0) is 68.4 Å². The van der Waals surface area contributed by atoms with Crippen LogP contribution in [0.3, 0.4) is 0 Å². The van der Waals surface area contributed by atoms with Gasteiger partial charge in [0, 0.05) is 24.8 Å². The molecule has 0 aliphatic rings. The molecule has 0 spiro atoms. The van der Waals surface area contributed by atoms with E-state index in [4.69, 9.17) is 5.73 Å². The van der Waals surface area contributed by atoms with Crippen LogP contribution in [0.25, 0.3) is 22.4 Å². The molecule has 3 rings (SSSR count). The standard InChI is InChI=1S/C23H23F3N6O/c1-5-28-16(8-9-27)22(33)32(4)18-7-6-15(10-13(18)2)21-29-12-17-20(31-21)14(3)11-19(30-17)23(24,25)26/h6-12H,5,27H2,1-4H3. The number of hydrogen-bond donors (Lipinski definition) is 1. The molecule has 1 amide bonds. The topological polar surface area (TPSA) is 97.4 Å². The van der Waals surface area contributed by atoms with Gasteiger partial charge in [-0.2, -0.15) is 13.2 Å². The summed E-state index contributed by atoms with van der Waals surface area (Å²) in [5, 5.41) is 0. The first-order chi connectivity index (χ1) is 15.6. The molecule has 0 atom stereocenters. The number of pyridine rings is 1. The number of benzene rings is 1. The average molecular weight is 456 g/mol. The lowest BCUT2D eigenvalue weighted by molar-refractivity contribution is -0.141. The van der Waals surface area contributed by atoms with Crippen molar-refractivity contribution in [1.82, 2.24) is 15.0 Å². The number of alkyl halides is 3. The van der Waals surface area contributed by atoms with Crippen molar-refractivity contribution in [2.45, 2.75) is 26.9 Å². The molecule has 2 heterocycles. The molecule has 33 heavy (non-hydrogen) atoms. The first-order valence-corrected chi connectivity index (χ1v) is 10.1. The summed E-state index contributed by atoms with van der Waals surface area (Å²) in [7, 11) is 1.64. The van der Waals surface area contributed by atoms with Crippen molar-refractivity contribution >= 4 is 28.3 Å². The molecule has 2 aromatic heterocycles. The highest BCUT2D eigenvalue weighted by Crippen LogP contribution is 2.31. The van der Waals surface area contributed by atoms with Gasteiger partial charge in [-0.25, -0.2) is 15.0 Å². The first kappa shape index (κ1) is 23.8. The van der Waals surface area contributed by atoms with Crippen molar-refractivity contribution in [1.29, 1.82) is 0 Å². The lowest BCUT2D eigenvalue weighted by atomic mass is 10.1. The number of nitrogens with two attached hydrogens (primary N) is 1. The minimum Gasteiger partial charge on any atom is -0.405 e. The molecule has 10 heteroatoms. The van der Waals surface area contributed by atoms with Crippen LogP contribution in [-0.2, 0) is 11.0 Å². The molecule has 0 aliphatic heterocycles. The summed E-state index contributed by atoms with van der Waals surface area (Å²) in [4.78, 5) is 30.7. The predicted octanol–water partition coefficient (Wildman–Crippen LogP) is 4.22. The van der Waals surface area contributed by atoms with E-state index in [9.17, 15) is 18.0 Å². The molecule has 0 fully saturated rings. The van der Waals surface area contributed by atoms with Crippen LogP contribution in [0.15, 0.2) is 47.7 Å². The number of carbonyl (C=O) groups excluding carboxylic acids is 1. The monoisotopic (exact) mass is 456 g/mol. The molecule has 3 aromatic rings. The smallest absolute Gasteiger partial charge is 0.405 e. The maximum absolute atomic E-state index is 13.0. The maximum Gasteiger partial charge on any atom is 0.433 e. The summed E-state index contributed by atoms with van der Waals surface area (Å²) in [6.07, 6.45) is -0.543. The summed E-state index contributed by atoms with van der Waals surface area (Å²) in [6, 6.07) is 6.28. The number of aromatic nitrogens is 3. The molecule has 0 radical (unpaired) electrons. The second-order valence-electron chi connectivity index (χ2n) is 7.33. The van der Waals surface area contributed by atoms with Crippen molar-refractivity contribution in [3.63, 3.8) is 0 Å². The van der Waals surface area contributed by atoms with Crippen molar-refractivity contribution in [3.05, 3.63) is 59.6 Å². The Bertz CT molecular complexity index is 1270. The molecule has 0 saturated heterocycles. The fourth-order valence-electron chi connectivity index (χ4n) is 3.37. The molecule has 0 saturated carbocycles. The summed E-state index contributed by atoms with van der Waals surface area (Å²) in [5.74, 6) is 0.0358. The normalized spacial score (nSPS) is 12.5. The zero-order chi connectivity index (χ0) is 24.3. The molecular formula is C23H23F3N6O. The zero-order valence-corrected chi connectivity index (χ0v) is 18.6. The first-order valence-electron chi connectivity index (χ1n) is 10.1. The van der Waals surface area contributed by atoms with Crippen molar-refractivity contribution in [3.8, 4) is 11.4 Å². The highest BCUT2D eigenvalue weighted by molar-refractivity contribution is 6.47. The largest absolute Gasteiger partial charge is 0.433 e. The van der Waals surface area contributed by atoms with Crippen LogP contribution < -0.4 is 10.6 Å². The second-order valence-corrected chi connectivity index (χ2v) is 7.33. The van der Waals surface area contributed by atoms with Gasteiger partial charge < -0.3 is 10.6 Å². The SMILES string of the molecule is CCN=C(C=CN)C(=O)N(C)c1ccc(-c2ncc3nc(C(F)(F)F)cc(C)c3n2)cc1C. The Morgan fingerprint density at radius 3 is 2.52 bits per heavy atom. The number of halogens is 3. The van der Waals surface area contributed by atoms with Gasteiger partial charge in [0.1, 0.15) is 16.9 Å². The van der Waals surface area contributed by atoms with Gasteiger partial charge in [0.2, 0.25) is 0 Å². The number of nitrogens with zero attached hydrogens (tertiary/aromatic N) is 5. The Labute approximate surface area is 188 Å². The van der Waals surface area contributed by atoms with Crippen molar-refractivity contribution in [2.24, 2.45) is 10.7 Å². The van der Waals surface area contributed by atoms with Crippen LogP contribution >= 0.6 is 0 Å². The van der Waals surface area contributed by atoms with Crippen molar-refractivity contribution < 1.29 is 18.0 Å². The Morgan fingerprint density at radius 2 is 1.91 bits per heavy atom. The van der Waals surface area contributed by atoms with E-state index in [0.717, 1.165) is 11.6 Å². The molecule has 172 valence electrons. The van der Waals surface area contributed by atoms with E-state index in [-0.39, 0.29) is 17.1 Å². The Kier molecular flexibility index (Phi) is 6.75. The van der Waals surface area contributed by atoms with E-state index in [1.54, 1.807) is 26.1 Å². The minimum atomic E-state index is -4.55. The Hall–Kier alpha value is -3.82. The van der Waals surface area contributed by atoms with E-state index in [1.165, 1.54) is 23.4 Å². The summed E-state index contributed by atoms with van der Waals surface area (Å²) < 4.78 is 39.1. The fraction of sp³-hybridized carbons (Fsp3) is 0.261. The number of carbonyl (C=O) groups is 1. The van der Waals surface area contributed by atoms with Crippen LogP contribution in [0.4, 0.5) is 18.9 Å². The van der Waals surface area contributed by atoms with E-state index >= 15 is 0 Å². The molecule has 2 N–H and O–H groups in total. The lowest BCUT2D eigenvalue weighted by Crippen LogP contribution is -2.33. The number of hydrogen-bond acceptors (Lipinski definition) is 6. The van der Waals surface area contributed by atoms with Crippen LogP contribution in [0.2, 0.25) is 0 Å². The minimum absolute atomic E-state index is 0.0699. The lowest BCUT2D eigenvalue weighted by Gasteiger charge is -2.20. The summed E-state index contributed by atoms with van der Waals surface area (Å²) >= 11 is 0. The van der Waals surface area contributed by atoms with Crippen LogP contribution in [-0.4, -0.2) is 40.2 Å². The van der Waals surface area contributed by atoms with Gasteiger partial charge >= 0.3 is 6.18 Å². The number of rotatable bonds is 5. The van der Waals surface area contributed by atoms with Crippen LogP contribution in [0.1, 0.15) is 23.7 Å². The van der Waals surface area contributed by atoms with E-state index in [1.807, 2.05) is 19.9 Å². The average Bonchev–Trinajstić information content (AvgIpc) is 2.77. The molecule has 0 bridgehead atoms. The Morgan fingerprint density at radius 1 is 1.18 bits per heavy atom. The van der Waals surface area contributed by atoms with Gasteiger partial charge in [-0.3, -0.25) is 9.79 Å². The third kappa shape index (κ3) is 5.00. The zero-order valence-electron chi connectivity index (χ0n) is 18.6. The quantitative estimate of drug-likeness (QED) is 0.580. The highest BCUT2D eigenvalue weighted by Gasteiger charge is 2.33. The van der Waals surface area contributed by atoms with Crippen LogP contribution in [0, 0.1) is 13.8 Å². The predicted molar refractivity (Wildman–Crippen MR) is 122 cm³/mol. The molecule has 1 aromatic carbocycles. The number of amides is 1. The van der Waals surface area contributed by atoms with Crippen molar-refractivity contribution in [2.75, 3.05) is 18.5 Å². The molecule has 7 nitrogen and oxygen atoms in total. The second kappa shape index (κ2) is 9.35. The third-order valence-corrected chi connectivity index (χ3v) is 4.95. The summed E-state index contributed by atoms with van der Waals surface area (Å²) in [6.45, 7) is 5.65. The van der Waals surface area contributed by atoms with E-state index in [0.29, 0.717) is 34.7 Å². The van der Waals surface area contributed by atoms with Gasteiger partial charge in [0.25, 0.3) is 5.91 Å². The summed E-state index contributed by atoms with van der Waals surface area (Å²) in [5.41, 5.74) is 7.54. The number of aliphatic imine (C=N–C) groups is 1. The molecule has 0 aliphatic carbocycles. The number of anilines is 1. The molecular weight excluding hydrogens is 433 g/mol. The maximum atomic E-state index is 13.0. The Balaban J connectivity index is 1.97. The fourth-order valence-corrected chi connectivity index (χ4v) is 3.37. The van der Waals surface area contributed by atoms with Gasteiger partial charge in [-0.15, -0.1) is 0 Å². The van der Waals surface area contributed by atoms with Gasteiger partial charge in [0.15, 0.2) is 5.82 Å². The van der Waals surface area contributed by atoms with Crippen LogP contribution in [0.5, 0.6) is 0 Å². The third-order valence-electron chi connectivity index (χ3n) is 4.95. The molecule has 0 unspecified atom stereocenters. The van der Waals surface area contributed by atoms with Gasteiger partial charge in [-0.1, -0.05) is 0 Å². The number of aryl methyl sites for hydroxylation is 2.